The number of piperidine rings is 1. The molecule has 1 aliphatic heterocycles. The van der Waals surface area contributed by atoms with Crippen molar-refractivity contribution in [1.82, 2.24) is 10.2 Å². The van der Waals surface area contributed by atoms with Gasteiger partial charge in [0.1, 0.15) is 0 Å². The molecule has 5 nitrogen and oxygen atoms in total. The Morgan fingerprint density at radius 3 is 2.48 bits per heavy atom. The highest BCUT2D eigenvalue weighted by Crippen LogP contribution is 2.16. The summed E-state index contributed by atoms with van der Waals surface area (Å²) in [7, 11) is 0. The number of carbonyl (C=O) groups excluding carboxylic acids is 2. The number of benzene rings is 1. The van der Waals surface area contributed by atoms with Gasteiger partial charge in [-0.25, -0.2) is 0 Å². The highest BCUT2D eigenvalue weighted by molar-refractivity contribution is 9.10. The minimum atomic E-state index is -0.209. The molecule has 0 spiro atoms. The molecule has 0 radical (unpaired) electrons. The number of aryl methyl sites for hydroxylation is 1. The maximum Gasteiger partial charge on any atom is 0.287 e. The number of hydrogen-bond donors (Lipinski definition) is 1. The van der Waals surface area contributed by atoms with Crippen molar-refractivity contribution < 1.29 is 14.0 Å². The van der Waals surface area contributed by atoms with Crippen molar-refractivity contribution in [3.05, 3.63) is 58.5 Å². The van der Waals surface area contributed by atoms with Gasteiger partial charge in [-0.1, -0.05) is 30.3 Å². The van der Waals surface area contributed by atoms with E-state index in [-0.39, 0.29) is 17.9 Å². The van der Waals surface area contributed by atoms with Crippen molar-refractivity contribution in [3.8, 4) is 0 Å². The fourth-order valence-electron chi connectivity index (χ4n) is 3.02. The Kier molecular flexibility index (Phi) is 5.91. The summed E-state index contributed by atoms with van der Waals surface area (Å²) in [5.41, 5.74) is 1.18. The molecule has 1 aromatic carbocycles. The van der Waals surface area contributed by atoms with E-state index in [1.807, 2.05) is 35.2 Å². The lowest BCUT2D eigenvalue weighted by atomic mass is 10.0. The molecule has 0 atom stereocenters. The van der Waals surface area contributed by atoms with Gasteiger partial charge in [-0.05, 0) is 52.9 Å². The zero-order valence-electron chi connectivity index (χ0n) is 13.9. The standard InChI is InChI=1S/C19H21BrN2O3/c20-17-8-7-16(25-17)19(24)21-15-10-12-22(13-11-15)18(23)9-6-14-4-2-1-3-5-14/h1-5,7-8,15H,6,9-13H2,(H,21,24). The monoisotopic (exact) mass is 404 g/mol. The summed E-state index contributed by atoms with van der Waals surface area (Å²) in [6, 6.07) is 13.5. The number of hydrogen-bond acceptors (Lipinski definition) is 3. The highest BCUT2D eigenvalue weighted by atomic mass is 79.9. The lowest BCUT2D eigenvalue weighted by molar-refractivity contribution is -0.132. The van der Waals surface area contributed by atoms with E-state index in [0.29, 0.717) is 29.9 Å². The van der Waals surface area contributed by atoms with Gasteiger partial charge in [-0.3, -0.25) is 9.59 Å². The van der Waals surface area contributed by atoms with E-state index in [1.54, 1.807) is 12.1 Å². The molecule has 2 heterocycles. The maximum atomic E-state index is 12.3. The molecule has 132 valence electrons. The molecule has 1 aromatic heterocycles. The van der Waals surface area contributed by atoms with Crippen molar-refractivity contribution in [1.29, 1.82) is 0 Å². The molecule has 0 saturated carbocycles. The molecule has 1 N–H and O–H groups in total. The molecule has 25 heavy (non-hydrogen) atoms. The first-order valence-corrected chi connectivity index (χ1v) is 9.29. The van der Waals surface area contributed by atoms with Crippen LogP contribution < -0.4 is 5.32 Å². The molecule has 1 aliphatic rings. The third-order valence-corrected chi connectivity index (χ3v) is 4.88. The zero-order valence-corrected chi connectivity index (χ0v) is 15.5. The number of halogens is 1. The van der Waals surface area contributed by atoms with Crippen LogP contribution in [0.1, 0.15) is 35.4 Å². The van der Waals surface area contributed by atoms with Crippen LogP contribution >= 0.6 is 15.9 Å². The van der Waals surface area contributed by atoms with Gasteiger partial charge in [0.2, 0.25) is 5.91 Å². The van der Waals surface area contributed by atoms with Crippen molar-refractivity contribution in [2.45, 2.75) is 31.7 Å². The molecular formula is C19H21BrN2O3. The van der Waals surface area contributed by atoms with Gasteiger partial charge in [-0.2, -0.15) is 0 Å². The summed E-state index contributed by atoms with van der Waals surface area (Å²) in [5, 5.41) is 2.97. The van der Waals surface area contributed by atoms with Gasteiger partial charge in [0.15, 0.2) is 10.4 Å². The number of carbonyl (C=O) groups is 2. The second-order valence-electron chi connectivity index (χ2n) is 6.22. The van der Waals surface area contributed by atoms with Crippen LogP contribution in [0.15, 0.2) is 51.6 Å². The van der Waals surface area contributed by atoms with Gasteiger partial charge in [0.25, 0.3) is 5.91 Å². The molecule has 0 aliphatic carbocycles. The van der Waals surface area contributed by atoms with Crippen LogP contribution in [0.3, 0.4) is 0 Å². The van der Waals surface area contributed by atoms with Crippen LogP contribution in [0.5, 0.6) is 0 Å². The average Bonchev–Trinajstić information content (AvgIpc) is 3.08. The summed E-state index contributed by atoms with van der Waals surface area (Å²) < 4.78 is 5.80. The molecule has 2 amide bonds. The summed E-state index contributed by atoms with van der Waals surface area (Å²) in [4.78, 5) is 26.3. The first-order valence-electron chi connectivity index (χ1n) is 8.50. The lowest BCUT2D eigenvalue weighted by Crippen LogP contribution is -2.46. The number of likely N-dealkylation sites (tertiary alicyclic amines) is 1. The fourth-order valence-corrected chi connectivity index (χ4v) is 3.33. The van der Waals surface area contributed by atoms with E-state index in [9.17, 15) is 9.59 Å². The van der Waals surface area contributed by atoms with Crippen molar-refractivity contribution >= 4 is 27.7 Å². The molecule has 0 bridgehead atoms. The van der Waals surface area contributed by atoms with Crippen LogP contribution in [0, 0.1) is 0 Å². The predicted molar refractivity (Wildman–Crippen MR) is 98.2 cm³/mol. The first kappa shape index (κ1) is 17.7. The smallest absolute Gasteiger partial charge is 0.287 e. The Hall–Kier alpha value is -2.08. The lowest BCUT2D eigenvalue weighted by Gasteiger charge is -2.32. The number of rotatable bonds is 5. The Balaban J connectivity index is 1.42. The molecule has 2 aromatic rings. The van der Waals surface area contributed by atoms with Gasteiger partial charge in [0, 0.05) is 25.6 Å². The van der Waals surface area contributed by atoms with E-state index in [4.69, 9.17) is 4.42 Å². The van der Waals surface area contributed by atoms with Crippen LogP contribution in [0.2, 0.25) is 0 Å². The summed E-state index contributed by atoms with van der Waals surface area (Å²) in [6.45, 7) is 1.36. The topological polar surface area (TPSA) is 62.6 Å². The quantitative estimate of drug-likeness (QED) is 0.830. The third-order valence-electron chi connectivity index (χ3n) is 4.45. The van der Waals surface area contributed by atoms with E-state index in [1.165, 1.54) is 5.56 Å². The van der Waals surface area contributed by atoms with E-state index >= 15 is 0 Å². The minimum Gasteiger partial charge on any atom is -0.444 e. The highest BCUT2D eigenvalue weighted by Gasteiger charge is 2.24. The van der Waals surface area contributed by atoms with Gasteiger partial charge in [0.05, 0.1) is 0 Å². The fraction of sp³-hybridized carbons (Fsp3) is 0.368. The average molecular weight is 405 g/mol. The second kappa shape index (κ2) is 8.34. The van der Waals surface area contributed by atoms with Gasteiger partial charge >= 0.3 is 0 Å². The molecule has 6 heteroatoms. The molecule has 1 saturated heterocycles. The second-order valence-corrected chi connectivity index (χ2v) is 7.00. The number of nitrogens with one attached hydrogen (secondary N) is 1. The molecule has 1 fully saturated rings. The van der Waals surface area contributed by atoms with E-state index in [2.05, 4.69) is 21.2 Å². The normalized spacial score (nSPS) is 15.2. The Morgan fingerprint density at radius 1 is 1.12 bits per heavy atom. The van der Waals surface area contributed by atoms with Crippen LogP contribution in [0.4, 0.5) is 0 Å². The maximum absolute atomic E-state index is 12.3. The first-order chi connectivity index (χ1) is 12.1. The summed E-state index contributed by atoms with van der Waals surface area (Å²) in [6.07, 6.45) is 2.83. The number of amides is 2. The minimum absolute atomic E-state index is 0.0783. The van der Waals surface area contributed by atoms with E-state index in [0.717, 1.165) is 19.3 Å². The summed E-state index contributed by atoms with van der Waals surface area (Å²) in [5.74, 6) is 0.274. The van der Waals surface area contributed by atoms with Gasteiger partial charge < -0.3 is 14.6 Å². The largest absolute Gasteiger partial charge is 0.444 e. The van der Waals surface area contributed by atoms with Crippen molar-refractivity contribution in [3.63, 3.8) is 0 Å². The summed E-state index contributed by atoms with van der Waals surface area (Å²) >= 11 is 3.19. The molecule has 3 rings (SSSR count). The van der Waals surface area contributed by atoms with Crippen LogP contribution in [-0.4, -0.2) is 35.8 Å². The van der Waals surface area contributed by atoms with Crippen LogP contribution in [0.25, 0.3) is 0 Å². The van der Waals surface area contributed by atoms with Crippen molar-refractivity contribution in [2.75, 3.05) is 13.1 Å². The number of furan rings is 1. The molecular weight excluding hydrogens is 384 g/mol. The van der Waals surface area contributed by atoms with Crippen molar-refractivity contribution in [2.24, 2.45) is 0 Å². The molecule has 0 unspecified atom stereocenters. The van der Waals surface area contributed by atoms with E-state index < -0.39 is 0 Å². The third kappa shape index (κ3) is 4.95. The Bertz CT molecular complexity index is 721. The predicted octanol–water partition coefficient (Wildman–Crippen LogP) is 3.40. The van der Waals surface area contributed by atoms with Crippen LogP contribution in [-0.2, 0) is 11.2 Å². The Labute approximate surface area is 155 Å². The number of nitrogens with zero attached hydrogens (tertiary/aromatic N) is 1. The van der Waals surface area contributed by atoms with Gasteiger partial charge in [-0.15, -0.1) is 0 Å². The SMILES string of the molecule is O=C(NC1CCN(C(=O)CCc2ccccc2)CC1)c1ccc(Br)o1. The Morgan fingerprint density at radius 2 is 1.84 bits per heavy atom. The zero-order chi connectivity index (χ0) is 17.6.